The first-order valence-corrected chi connectivity index (χ1v) is 7.71. The molecule has 0 aliphatic carbocycles. The predicted molar refractivity (Wildman–Crippen MR) is 91.0 cm³/mol. The number of nitrogens with one attached hydrogen (secondary N) is 2. The SMILES string of the molecule is Cc1cccc(OCC(=O)NCCNC(=O)c2ccc(C)nc2)c1. The van der Waals surface area contributed by atoms with Crippen LogP contribution >= 0.6 is 0 Å². The number of aryl methyl sites for hydroxylation is 2. The van der Waals surface area contributed by atoms with Gasteiger partial charge in [-0.1, -0.05) is 12.1 Å². The van der Waals surface area contributed by atoms with E-state index >= 15 is 0 Å². The second-order valence-corrected chi connectivity index (χ2v) is 5.40. The molecule has 0 fully saturated rings. The predicted octanol–water partition coefficient (Wildman–Crippen LogP) is 1.62. The molecule has 1 heterocycles. The fourth-order valence-electron chi connectivity index (χ4n) is 1.99. The number of hydrogen-bond acceptors (Lipinski definition) is 4. The highest BCUT2D eigenvalue weighted by molar-refractivity contribution is 5.93. The zero-order chi connectivity index (χ0) is 17.4. The van der Waals surface area contributed by atoms with Gasteiger partial charge in [0, 0.05) is 25.0 Å². The summed E-state index contributed by atoms with van der Waals surface area (Å²) in [5.41, 5.74) is 2.42. The minimum Gasteiger partial charge on any atom is -0.484 e. The lowest BCUT2D eigenvalue weighted by Gasteiger charge is -2.09. The molecule has 24 heavy (non-hydrogen) atoms. The van der Waals surface area contributed by atoms with Gasteiger partial charge in [0.05, 0.1) is 5.56 Å². The molecule has 0 atom stereocenters. The Balaban J connectivity index is 1.64. The molecular formula is C18H21N3O3. The molecule has 0 spiro atoms. The largest absolute Gasteiger partial charge is 0.484 e. The van der Waals surface area contributed by atoms with Gasteiger partial charge < -0.3 is 15.4 Å². The van der Waals surface area contributed by atoms with E-state index in [9.17, 15) is 9.59 Å². The first kappa shape index (κ1) is 17.5. The minimum absolute atomic E-state index is 0.0563. The quantitative estimate of drug-likeness (QED) is 0.757. The molecule has 0 radical (unpaired) electrons. The van der Waals surface area contributed by atoms with Crippen LogP contribution in [0.1, 0.15) is 21.6 Å². The van der Waals surface area contributed by atoms with Crippen molar-refractivity contribution in [2.45, 2.75) is 13.8 Å². The maximum atomic E-state index is 11.9. The van der Waals surface area contributed by atoms with Gasteiger partial charge in [-0.3, -0.25) is 14.6 Å². The third kappa shape index (κ3) is 5.72. The molecular weight excluding hydrogens is 306 g/mol. The summed E-state index contributed by atoms with van der Waals surface area (Å²) < 4.78 is 5.40. The average molecular weight is 327 g/mol. The number of carbonyl (C=O) groups excluding carboxylic acids is 2. The monoisotopic (exact) mass is 327 g/mol. The van der Waals surface area contributed by atoms with Crippen molar-refractivity contribution in [1.29, 1.82) is 0 Å². The Labute approximate surface area is 141 Å². The summed E-state index contributed by atoms with van der Waals surface area (Å²) >= 11 is 0. The lowest BCUT2D eigenvalue weighted by molar-refractivity contribution is -0.123. The molecule has 0 saturated carbocycles. The number of aromatic nitrogens is 1. The molecule has 0 aliphatic rings. The van der Waals surface area contributed by atoms with Gasteiger partial charge in [0.1, 0.15) is 5.75 Å². The molecule has 0 saturated heterocycles. The van der Waals surface area contributed by atoms with E-state index in [1.807, 2.05) is 32.0 Å². The van der Waals surface area contributed by atoms with E-state index in [1.165, 1.54) is 6.20 Å². The average Bonchev–Trinajstić information content (AvgIpc) is 2.57. The van der Waals surface area contributed by atoms with Crippen molar-refractivity contribution in [2.75, 3.05) is 19.7 Å². The van der Waals surface area contributed by atoms with Gasteiger partial charge in [-0.05, 0) is 43.7 Å². The Morgan fingerprint density at radius 1 is 1.08 bits per heavy atom. The van der Waals surface area contributed by atoms with E-state index in [2.05, 4.69) is 15.6 Å². The van der Waals surface area contributed by atoms with Gasteiger partial charge in [-0.15, -0.1) is 0 Å². The molecule has 2 N–H and O–H groups in total. The summed E-state index contributed by atoms with van der Waals surface area (Å²) in [6, 6.07) is 11.0. The van der Waals surface area contributed by atoms with Gasteiger partial charge in [0.15, 0.2) is 6.61 Å². The maximum absolute atomic E-state index is 11.9. The van der Waals surface area contributed by atoms with Crippen LogP contribution in [0.2, 0.25) is 0 Å². The van der Waals surface area contributed by atoms with Crippen LogP contribution in [0.25, 0.3) is 0 Å². The number of ether oxygens (including phenoxy) is 1. The van der Waals surface area contributed by atoms with Crippen molar-refractivity contribution in [3.8, 4) is 5.75 Å². The Morgan fingerprint density at radius 2 is 1.88 bits per heavy atom. The van der Waals surface area contributed by atoms with Crippen LogP contribution in [0.15, 0.2) is 42.6 Å². The Hall–Kier alpha value is -2.89. The van der Waals surface area contributed by atoms with Gasteiger partial charge in [-0.25, -0.2) is 0 Å². The van der Waals surface area contributed by atoms with Crippen molar-refractivity contribution in [1.82, 2.24) is 15.6 Å². The van der Waals surface area contributed by atoms with Gasteiger partial charge in [0.25, 0.3) is 11.8 Å². The van der Waals surface area contributed by atoms with Crippen LogP contribution in [0, 0.1) is 13.8 Å². The zero-order valence-electron chi connectivity index (χ0n) is 13.8. The van der Waals surface area contributed by atoms with E-state index in [1.54, 1.807) is 18.2 Å². The smallest absolute Gasteiger partial charge is 0.258 e. The lowest BCUT2D eigenvalue weighted by Crippen LogP contribution is -2.36. The highest BCUT2D eigenvalue weighted by atomic mass is 16.5. The molecule has 0 bridgehead atoms. The van der Waals surface area contributed by atoms with Crippen molar-refractivity contribution in [2.24, 2.45) is 0 Å². The standard InChI is InChI=1S/C18H21N3O3/c1-13-4-3-5-16(10-13)24-12-17(22)19-8-9-20-18(23)15-7-6-14(2)21-11-15/h3-7,10-11H,8-9,12H2,1-2H3,(H,19,22)(H,20,23). The van der Waals surface area contributed by atoms with Crippen molar-refractivity contribution in [3.05, 3.63) is 59.4 Å². The van der Waals surface area contributed by atoms with E-state index in [4.69, 9.17) is 4.74 Å². The van der Waals surface area contributed by atoms with Crippen molar-refractivity contribution >= 4 is 11.8 Å². The molecule has 2 amide bonds. The molecule has 6 nitrogen and oxygen atoms in total. The van der Waals surface area contributed by atoms with Crippen molar-refractivity contribution in [3.63, 3.8) is 0 Å². The molecule has 6 heteroatoms. The second-order valence-electron chi connectivity index (χ2n) is 5.40. The molecule has 2 rings (SSSR count). The topological polar surface area (TPSA) is 80.3 Å². The maximum Gasteiger partial charge on any atom is 0.258 e. The van der Waals surface area contributed by atoms with Gasteiger partial charge in [-0.2, -0.15) is 0 Å². The lowest BCUT2D eigenvalue weighted by atomic mass is 10.2. The fraction of sp³-hybridized carbons (Fsp3) is 0.278. The number of benzene rings is 1. The van der Waals surface area contributed by atoms with Crippen LogP contribution in [0.4, 0.5) is 0 Å². The first-order valence-electron chi connectivity index (χ1n) is 7.71. The van der Waals surface area contributed by atoms with E-state index in [0.717, 1.165) is 11.3 Å². The Bertz CT molecular complexity index is 699. The number of nitrogens with zero attached hydrogens (tertiary/aromatic N) is 1. The van der Waals surface area contributed by atoms with Crippen LogP contribution < -0.4 is 15.4 Å². The summed E-state index contributed by atoms with van der Waals surface area (Å²) in [5, 5.41) is 5.41. The third-order valence-corrected chi connectivity index (χ3v) is 3.27. The number of amides is 2. The molecule has 126 valence electrons. The van der Waals surface area contributed by atoms with Crippen LogP contribution in [0.5, 0.6) is 5.75 Å². The zero-order valence-corrected chi connectivity index (χ0v) is 13.8. The summed E-state index contributed by atoms with van der Waals surface area (Å²) in [6.45, 7) is 4.43. The highest BCUT2D eigenvalue weighted by Gasteiger charge is 2.06. The number of hydrogen-bond donors (Lipinski definition) is 2. The molecule has 1 aromatic heterocycles. The molecule has 1 aromatic carbocycles. The molecule has 0 unspecified atom stereocenters. The summed E-state index contributed by atoms with van der Waals surface area (Å²) in [6.07, 6.45) is 1.53. The number of pyridine rings is 1. The fourth-order valence-corrected chi connectivity index (χ4v) is 1.99. The van der Waals surface area contributed by atoms with Gasteiger partial charge >= 0.3 is 0 Å². The highest BCUT2D eigenvalue weighted by Crippen LogP contribution is 2.11. The van der Waals surface area contributed by atoms with Crippen LogP contribution in [-0.2, 0) is 4.79 Å². The van der Waals surface area contributed by atoms with E-state index < -0.39 is 0 Å². The van der Waals surface area contributed by atoms with Crippen LogP contribution in [0.3, 0.4) is 0 Å². The first-order chi connectivity index (χ1) is 11.5. The summed E-state index contributed by atoms with van der Waals surface area (Å²) in [5.74, 6) is 0.209. The van der Waals surface area contributed by atoms with E-state index in [-0.39, 0.29) is 18.4 Å². The van der Waals surface area contributed by atoms with E-state index in [0.29, 0.717) is 24.4 Å². The number of rotatable bonds is 7. The van der Waals surface area contributed by atoms with Crippen molar-refractivity contribution < 1.29 is 14.3 Å². The summed E-state index contributed by atoms with van der Waals surface area (Å²) in [4.78, 5) is 27.6. The molecule has 0 aliphatic heterocycles. The Kier molecular flexibility index (Phi) is 6.31. The minimum atomic E-state index is -0.234. The normalized spacial score (nSPS) is 10.1. The second kappa shape index (κ2) is 8.67. The van der Waals surface area contributed by atoms with Gasteiger partial charge in [0.2, 0.25) is 0 Å². The third-order valence-electron chi connectivity index (χ3n) is 3.27. The Morgan fingerprint density at radius 3 is 2.58 bits per heavy atom. The summed E-state index contributed by atoms with van der Waals surface area (Å²) in [7, 11) is 0. The molecule has 2 aromatic rings. The van der Waals surface area contributed by atoms with Crippen LogP contribution in [-0.4, -0.2) is 36.5 Å². The number of carbonyl (C=O) groups is 2.